The van der Waals surface area contributed by atoms with Crippen molar-refractivity contribution >= 4 is 22.5 Å². The van der Waals surface area contributed by atoms with Crippen molar-refractivity contribution in [2.24, 2.45) is 5.41 Å². The molecule has 2 nitrogen and oxygen atoms in total. The second-order valence-electron chi connectivity index (χ2n) is 15.3. The number of allylic oxidation sites excluding steroid dienone is 17. The summed E-state index contributed by atoms with van der Waals surface area (Å²) in [5, 5.41) is 0. The van der Waals surface area contributed by atoms with Crippen LogP contribution in [0.3, 0.4) is 0 Å². The molecule has 0 unspecified atom stereocenters. The minimum atomic E-state index is -0.0863. The Morgan fingerprint density at radius 3 is 2.25 bits per heavy atom. The second kappa shape index (κ2) is 23.7. The zero-order chi connectivity index (χ0) is 43.3. The average molecular weight is 790 g/mol. The highest BCUT2D eigenvalue weighted by molar-refractivity contribution is 5.81. The quantitative estimate of drug-likeness (QED) is 0.0932. The van der Waals surface area contributed by atoms with Gasteiger partial charge in [0.25, 0.3) is 0 Å². The Balaban J connectivity index is 0.000000790. The lowest BCUT2D eigenvalue weighted by molar-refractivity contribution is 0.413. The average Bonchev–Trinajstić information content (AvgIpc) is 3.30. The van der Waals surface area contributed by atoms with Crippen LogP contribution < -0.4 is 9.64 Å². The van der Waals surface area contributed by atoms with Gasteiger partial charge in [-0.1, -0.05) is 180 Å². The van der Waals surface area contributed by atoms with E-state index in [-0.39, 0.29) is 5.41 Å². The van der Waals surface area contributed by atoms with Crippen molar-refractivity contribution in [3.63, 3.8) is 0 Å². The van der Waals surface area contributed by atoms with E-state index >= 15 is 0 Å². The van der Waals surface area contributed by atoms with Crippen LogP contribution in [0.15, 0.2) is 224 Å². The fraction of sp³-hybridized carbons (Fsp3) is 0.190. The number of hydrogen-bond acceptors (Lipinski definition) is 2. The first kappa shape index (κ1) is 46.1. The Morgan fingerprint density at radius 1 is 0.850 bits per heavy atom. The summed E-state index contributed by atoms with van der Waals surface area (Å²) < 4.78 is 5.62. The molecule has 1 aliphatic rings. The van der Waals surface area contributed by atoms with Crippen LogP contribution in [0.4, 0.5) is 11.4 Å². The number of anilines is 2. The Hall–Kier alpha value is -6.60. The minimum Gasteiger partial charge on any atom is -0.496 e. The van der Waals surface area contributed by atoms with Crippen molar-refractivity contribution < 1.29 is 4.74 Å². The van der Waals surface area contributed by atoms with Crippen molar-refractivity contribution in [3.8, 4) is 16.9 Å². The van der Waals surface area contributed by atoms with Crippen molar-refractivity contribution in [1.29, 1.82) is 0 Å². The van der Waals surface area contributed by atoms with Crippen molar-refractivity contribution in [2.75, 3.05) is 12.0 Å². The van der Waals surface area contributed by atoms with Crippen molar-refractivity contribution in [1.82, 2.24) is 0 Å². The molecule has 0 amide bonds. The summed E-state index contributed by atoms with van der Waals surface area (Å²) >= 11 is 0. The molecule has 4 aromatic rings. The highest BCUT2D eigenvalue weighted by Gasteiger charge is 2.24. The normalized spacial score (nSPS) is 16.6. The zero-order valence-corrected chi connectivity index (χ0v) is 36.9. The molecule has 0 saturated heterocycles. The Kier molecular flexibility index (Phi) is 18.2. The standard InChI is InChI=1S/C49H51NO.C9H12/c1-9-17-39(18-10-2)42-33-36(3)34-45(35-42)50(44-29-26-41(27-30-44)40-19-12-11-13-20-40)43-21-16-32-49(6,7)47(38(5)24-28-43)31-25-37(4)46-22-14-15-23-48(46)51-8;1-3-5-7-9-8-6-4-2/h9-23,25-31,33-35H,1,4,24,32H2,2-3,5-8H3;3,5-6,8-9H,1,4H2,2H3/b18-10-,21-16-,31-25-,39-17+,43-28+,47-38-;8-6-. The number of aryl methyl sites for hydroxylation is 1. The molecule has 1 aliphatic carbocycles. The fourth-order valence-corrected chi connectivity index (χ4v) is 7.19. The predicted octanol–water partition coefficient (Wildman–Crippen LogP) is 16.7. The van der Waals surface area contributed by atoms with Crippen LogP contribution >= 0.6 is 0 Å². The second-order valence-corrected chi connectivity index (χ2v) is 15.3. The van der Waals surface area contributed by atoms with Gasteiger partial charge in [-0.25, -0.2) is 0 Å². The number of rotatable bonds is 14. The Bertz CT molecular complexity index is 2360. The molecule has 306 valence electrons. The van der Waals surface area contributed by atoms with Gasteiger partial charge >= 0.3 is 0 Å². The first-order chi connectivity index (χ1) is 29.1. The molecular formula is C58H63NO. The molecule has 0 N–H and O–H groups in total. The van der Waals surface area contributed by atoms with Crippen LogP contribution in [-0.2, 0) is 0 Å². The van der Waals surface area contributed by atoms with Crippen LogP contribution in [0, 0.1) is 12.3 Å². The first-order valence-corrected chi connectivity index (χ1v) is 20.9. The van der Waals surface area contributed by atoms with E-state index in [1.807, 2.05) is 36.4 Å². The van der Waals surface area contributed by atoms with Gasteiger partial charge in [-0.15, -0.1) is 5.73 Å². The van der Waals surface area contributed by atoms with Gasteiger partial charge in [0.1, 0.15) is 5.75 Å². The predicted molar refractivity (Wildman–Crippen MR) is 265 cm³/mol. The summed E-state index contributed by atoms with van der Waals surface area (Å²) in [4.78, 5) is 2.40. The van der Waals surface area contributed by atoms with Gasteiger partial charge in [0.2, 0.25) is 0 Å². The van der Waals surface area contributed by atoms with E-state index in [0.29, 0.717) is 0 Å². The largest absolute Gasteiger partial charge is 0.496 e. The highest BCUT2D eigenvalue weighted by Crippen LogP contribution is 2.40. The number of para-hydroxylation sites is 1. The molecule has 2 heteroatoms. The lowest BCUT2D eigenvalue weighted by Gasteiger charge is -2.28. The molecule has 0 saturated carbocycles. The first-order valence-electron chi connectivity index (χ1n) is 20.9. The maximum Gasteiger partial charge on any atom is 0.126 e. The van der Waals surface area contributed by atoms with E-state index in [9.17, 15) is 0 Å². The Labute approximate surface area is 362 Å². The van der Waals surface area contributed by atoms with Gasteiger partial charge in [-0.2, -0.15) is 0 Å². The third-order valence-corrected chi connectivity index (χ3v) is 10.2. The summed E-state index contributed by atoms with van der Waals surface area (Å²) in [6.07, 6.45) is 31.7. The van der Waals surface area contributed by atoms with Gasteiger partial charge in [0, 0.05) is 22.6 Å². The summed E-state index contributed by atoms with van der Waals surface area (Å²) in [6.45, 7) is 25.1. The fourth-order valence-electron chi connectivity index (χ4n) is 7.19. The van der Waals surface area contributed by atoms with E-state index < -0.39 is 0 Å². The van der Waals surface area contributed by atoms with Crippen LogP contribution in [0.1, 0.15) is 70.6 Å². The number of methoxy groups -OCH3 is 1. The molecule has 0 aromatic heterocycles. The number of ether oxygens (including phenoxy) is 1. The maximum atomic E-state index is 5.62. The zero-order valence-electron chi connectivity index (χ0n) is 36.9. The van der Waals surface area contributed by atoms with Crippen molar-refractivity contribution in [2.45, 2.75) is 60.8 Å². The van der Waals surface area contributed by atoms with Gasteiger partial charge in [0.05, 0.1) is 7.11 Å². The molecule has 0 heterocycles. The molecule has 4 aromatic carbocycles. The summed E-state index contributed by atoms with van der Waals surface area (Å²) in [5.41, 5.74) is 16.6. The molecule has 0 bridgehead atoms. The van der Waals surface area contributed by atoms with E-state index in [4.69, 9.17) is 4.74 Å². The maximum absolute atomic E-state index is 5.62. The molecule has 0 fully saturated rings. The summed E-state index contributed by atoms with van der Waals surface area (Å²) in [7, 11) is 1.71. The smallest absolute Gasteiger partial charge is 0.126 e. The molecule has 0 spiro atoms. The number of hydrogen-bond donors (Lipinski definition) is 0. The molecule has 5 rings (SSSR count). The Morgan fingerprint density at radius 2 is 1.57 bits per heavy atom. The van der Waals surface area contributed by atoms with E-state index in [1.165, 1.54) is 27.8 Å². The van der Waals surface area contributed by atoms with Gasteiger partial charge in [-0.05, 0) is 133 Å². The minimum absolute atomic E-state index is 0.0863. The lowest BCUT2D eigenvalue weighted by Crippen LogP contribution is -2.16. The van der Waals surface area contributed by atoms with Gasteiger partial charge < -0.3 is 9.64 Å². The van der Waals surface area contributed by atoms with Crippen molar-refractivity contribution in [3.05, 3.63) is 241 Å². The lowest BCUT2D eigenvalue weighted by atomic mass is 9.78. The van der Waals surface area contributed by atoms with Gasteiger partial charge in [-0.3, -0.25) is 0 Å². The number of benzene rings is 4. The molecule has 0 aliphatic heterocycles. The number of nitrogens with zero attached hydrogens (tertiary/aromatic N) is 1. The van der Waals surface area contributed by atoms with Crippen LogP contribution in [0.5, 0.6) is 5.75 Å². The molecule has 60 heavy (non-hydrogen) atoms. The third-order valence-electron chi connectivity index (χ3n) is 10.2. The van der Waals surface area contributed by atoms with Crippen LogP contribution in [-0.4, -0.2) is 7.11 Å². The summed E-state index contributed by atoms with van der Waals surface area (Å²) in [5.74, 6) is 0.830. The molecular weight excluding hydrogens is 727 g/mol. The molecule has 0 radical (unpaired) electrons. The van der Waals surface area contributed by atoms with Crippen LogP contribution in [0.2, 0.25) is 0 Å². The topological polar surface area (TPSA) is 12.5 Å². The molecule has 0 atom stereocenters. The SMILES string of the molecule is C=C/C=C(\C=C/C)c1cc(C)cc(N(C2=C/C/C(C)=C(/C=C\C(=C)c3ccccc3OC)C(C)(C)C/C=C\2)c2ccc(-c3ccccc3)cc2)c1.C=CC=C=C/C=C\CC. The van der Waals surface area contributed by atoms with Gasteiger partial charge in [0.15, 0.2) is 0 Å². The third kappa shape index (κ3) is 13.2. The summed E-state index contributed by atoms with van der Waals surface area (Å²) in [6, 6.07) is 34.4. The van der Waals surface area contributed by atoms with E-state index in [0.717, 1.165) is 64.4 Å². The van der Waals surface area contributed by atoms with E-state index in [1.54, 1.807) is 19.3 Å². The van der Waals surface area contributed by atoms with E-state index in [2.05, 4.69) is 205 Å². The van der Waals surface area contributed by atoms with Crippen LogP contribution in [0.25, 0.3) is 22.3 Å². The monoisotopic (exact) mass is 789 g/mol. The highest BCUT2D eigenvalue weighted by atomic mass is 16.5.